The maximum absolute atomic E-state index is 8.94. The van der Waals surface area contributed by atoms with Gasteiger partial charge in [0.15, 0.2) is 0 Å². The van der Waals surface area contributed by atoms with Crippen LogP contribution in [0.5, 0.6) is 5.75 Å². The zero-order valence-corrected chi connectivity index (χ0v) is 16.4. The lowest BCUT2D eigenvalue weighted by molar-refractivity contribution is 0.306. The molecule has 0 atom stereocenters. The van der Waals surface area contributed by atoms with Crippen LogP contribution in [0.4, 0.5) is 0 Å². The summed E-state index contributed by atoms with van der Waals surface area (Å²) < 4.78 is 5.76. The standard InChI is InChI=1S/C22H17Cl2N3O/c23-21-5-2-6-22(24)20(21)14-27-26-13-16-7-9-19(10-8-16)28-15-18-4-1-3-17(11-18)12-25/h1-11,13,27H,14-15H2/b26-13+. The van der Waals surface area contributed by atoms with Gasteiger partial charge in [-0.1, -0.05) is 41.4 Å². The molecule has 0 unspecified atom stereocenters. The fourth-order valence-corrected chi connectivity index (χ4v) is 3.02. The van der Waals surface area contributed by atoms with Crippen LogP contribution in [0, 0.1) is 11.3 Å². The van der Waals surface area contributed by atoms with Gasteiger partial charge in [-0.05, 0) is 59.7 Å². The van der Waals surface area contributed by atoms with Gasteiger partial charge in [0, 0.05) is 15.6 Å². The molecule has 0 aliphatic rings. The van der Waals surface area contributed by atoms with Gasteiger partial charge in [-0.15, -0.1) is 0 Å². The first kappa shape index (κ1) is 19.8. The third kappa shape index (κ3) is 5.50. The molecule has 0 aliphatic carbocycles. The maximum atomic E-state index is 8.94. The predicted molar refractivity (Wildman–Crippen MR) is 113 cm³/mol. The molecule has 6 heteroatoms. The van der Waals surface area contributed by atoms with Gasteiger partial charge in [0.2, 0.25) is 0 Å². The smallest absolute Gasteiger partial charge is 0.119 e. The van der Waals surface area contributed by atoms with Crippen molar-refractivity contribution in [1.82, 2.24) is 5.43 Å². The molecule has 3 aromatic rings. The first-order chi connectivity index (χ1) is 13.7. The first-order valence-corrected chi connectivity index (χ1v) is 9.32. The van der Waals surface area contributed by atoms with Gasteiger partial charge in [-0.25, -0.2) is 0 Å². The highest BCUT2D eigenvalue weighted by molar-refractivity contribution is 6.35. The SMILES string of the molecule is N#Cc1cccc(COc2ccc(/C=N/NCc3c(Cl)cccc3Cl)cc2)c1. The van der Waals surface area contributed by atoms with Gasteiger partial charge < -0.3 is 10.2 Å². The summed E-state index contributed by atoms with van der Waals surface area (Å²) in [5.41, 5.74) is 6.26. The number of nitrogens with one attached hydrogen (secondary N) is 1. The fraction of sp³-hybridized carbons (Fsp3) is 0.0909. The molecule has 0 fully saturated rings. The Morgan fingerprint density at radius 2 is 1.71 bits per heavy atom. The molecule has 0 spiro atoms. The summed E-state index contributed by atoms with van der Waals surface area (Å²) in [5.74, 6) is 0.746. The number of rotatable bonds is 7. The highest BCUT2D eigenvalue weighted by Gasteiger charge is 2.03. The second-order valence-corrected chi connectivity index (χ2v) is 6.78. The average Bonchev–Trinajstić information content (AvgIpc) is 2.72. The summed E-state index contributed by atoms with van der Waals surface area (Å²) in [6, 6.07) is 22.5. The molecule has 0 aromatic heterocycles. The van der Waals surface area contributed by atoms with Gasteiger partial charge >= 0.3 is 0 Å². The van der Waals surface area contributed by atoms with Crippen LogP contribution in [-0.2, 0) is 13.2 Å². The molecular weight excluding hydrogens is 393 g/mol. The number of ether oxygens (including phenoxy) is 1. The van der Waals surface area contributed by atoms with E-state index in [1.807, 2.05) is 42.5 Å². The third-order valence-corrected chi connectivity index (χ3v) is 4.67. The molecule has 3 aromatic carbocycles. The molecule has 0 heterocycles. The molecule has 3 rings (SSSR count). The van der Waals surface area contributed by atoms with Crippen molar-refractivity contribution in [3.05, 3.63) is 99.0 Å². The van der Waals surface area contributed by atoms with Gasteiger partial charge in [-0.2, -0.15) is 10.4 Å². The van der Waals surface area contributed by atoms with Crippen molar-refractivity contribution >= 4 is 29.4 Å². The molecule has 0 saturated carbocycles. The minimum Gasteiger partial charge on any atom is -0.489 e. The Bertz CT molecular complexity index is 991. The van der Waals surface area contributed by atoms with Crippen LogP contribution in [0.3, 0.4) is 0 Å². The number of halogens is 2. The lowest BCUT2D eigenvalue weighted by atomic mass is 10.1. The van der Waals surface area contributed by atoms with Gasteiger partial charge in [0.1, 0.15) is 12.4 Å². The number of nitriles is 1. The Labute approximate surface area is 174 Å². The number of hydrogen-bond acceptors (Lipinski definition) is 4. The minimum atomic E-state index is 0.406. The topological polar surface area (TPSA) is 57.4 Å². The van der Waals surface area contributed by atoms with E-state index in [1.54, 1.807) is 30.5 Å². The number of hydrazone groups is 1. The Kier molecular flexibility index (Phi) is 6.91. The van der Waals surface area contributed by atoms with E-state index in [4.69, 9.17) is 33.2 Å². The molecule has 4 nitrogen and oxygen atoms in total. The van der Waals surface area contributed by atoms with Gasteiger partial charge in [0.05, 0.1) is 24.4 Å². The van der Waals surface area contributed by atoms with E-state index in [0.29, 0.717) is 28.8 Å². The Balaban J connectivity index is 1.51. The lowest BCUT2D eigenvalue weighted by Crippen LogP contribution is -2.06. The molecule has 1 N–H and O–H groups in total. The second kappa shape index (κ2) is 9.80. The summed E-state index contributed by atoms with van der Waals surface area (Å²) in [6.07, 6.45) is 1.71. The van der Waals surface area contributed by atoms with E-state index in [1.165, 1.54) is 0 Å². The Morgan fingerprint density at radius 3 is 2.43 bits per heavy atom. The molecule has 0 bridgehead atoms. The predicted octanol–water partition coefficient (Wildman–Crippen LogP) is 5.57. The van der Waals surface area contributed by atoms with Crippen molar-refractivity contribution in [2.75, 3.05) is 0 Å². The largest absolute Gasteiger partial charge is 0.489 e. The molecule has 0 saturated heterocycles. The monoisotopic (exact) mass is 409 g/mol. The Hall–Kier alpha value is -3.00. The average molecular weight is 410 g/mol. The van der Waals surface area contributed by atoms with Crippen LogP contribution in [0.2, 0.25) is 10.0 Å². The van der Waals surface area contributed by atoms with Gasteiger partial charge in [-0.3, -0.25) is 0 Å². The van der Waals surface area contributed by atoms with Crippen molar-refractivity contribution in [2.45, 2.75) is 13.2 Å². The summed E-state index contributed by atoms with van der Waals surface area (Å²) in [6.45, 7) is 0.848. The molecule has 0 radical (unpaired) electrons. The number of hydrogen-bond donors (Lipinski definition) is 1. The molecule has 28 heavy (non-hydrogen) atoms. The summed E-state index contributed by atoms with van der Waals surface area (Å²) in [4.78, 5) is 0. The molecule has 140 valence electrons. The summed E-state index contributed by atoms with van der Waals surface area (Å²) in [5, 5.41) is 14.4. The number of benzene rings is 3. The second-order valence-electron chi connectivity index (χ2n) is 5.96. The third-order valence-electron chi connectivity index (χ3n) is 3.96. The highest BCUT2D eigenvalue weighted by atomic mass is 35.5. The van der Waals surface area contributed by atoms with Crippen LogP contribution in [0.1, 0.15) is 22.3 Å². The van der Waals surface area contributed by atoms with E-state index in [0.717, 1.165) is 22.4 Å². The van der Waals surface area contributed by atoms with Crippen LogP contribution >= 0.6 is 23.2 Å². The van der Waals surface area contributed by atoms with Crippen LogP contribution < -0.4 is 10.2 Å². The summed E-state index contributed by atoms with van der Waals surface area (Å²) in [7, 11) is 0. The van der Waals surface area contributed by atoms with Crippen molar-refractivity contribution in [1.29, 1.82) is 5.26 Å². The van der Waals surface area contributed by atoms with Crippen molar-refractivity contribution in [3.8, 4) is 11.8 Å². The molecular formula is C22H17Cl2N3O. The van der Waals surface area contributed by atoms with Crippen molar-refractivity contribution in [3.63, 3.8) is 0 Å². The van der Waals surface area contributed by atoms with E-state index in [2.05, 4.69) is 16.6 Å². The zero-order chi connectivity index (χ0) is 19.8. The van der Waals surface area contributed by atoms with Crippen LogP contribution in [0.25, 0.3) is 0 Å². The van der Waals surface area contributed by atoms with Crippen LogP contribution in [0.15, 0.2) is 71.8 Å². The Morgan fingerprint density at radius 1 is 1.00 bits per heavy atom. The summed E-state index contributed by atoms with van der Waals surface area (Å²) >= 11 is 12.3. The quantitative estimate of drug-likeness (QED) is 0.409. The van der Waals surface area contributed by atoms with E-state index in [-0.39, 0.29) is 0 Å². The molecule has 0 amide bonds. The van der Waals surface area contributed by atoms with Crippen molar-refractivity contribution in [2.24, 2.45) is 5.10 Å². The first-order valence-electron chi connectivity index (χ1n) is 8.56. The molecule has 0 aliphatic heterocycles. The number of nitrogens with zero attached hydrogens (tertiary/aromatic N) is 2. The zero-order valence-electron chi connectivity index (χ0n) is 14.9. The van der Waals surface area contributed by atoms with E-state index < -0.39 is 0 Å². The fourth-order valence-electron chi connectivity index (χ4n) is 2.49. The highest BCUT2D eigenvalue weighted by Crippen LogP contribution is 2.23. The van der Waals surface area contributed by atoms with E-state index in [9.17, 15) is 0 Å². The maximum Gasteiger partial charge on any atom is 0.119 e. The minimum absolute atomic E-state index is 0.406. The lowest BCUT2D eigenvalue weighted by Gasteiger charge is -2.07. The normalized spacial score (nSPS) is 10.6. The van der Waals surface area contributed by atoms with Gasteiger partial charge in [0.25, 0.3) is 0 Å². The van der Waals surface area contributed by atoms with Crippen molar-refractivity contribution < 1.29 is 4.74 Å². The van der Waals surface area contributed by atoms with Crippen LogP contribution in [-0.4, -0.2) is 6.21 Å². The van der Waals surface area contributed by atoms with E-state index >= 15 is 0 Å².